The van der Waals surface area contributed by atoms with E-state index in [4.69, 9.17) is 22.2 Å². The Kier molecular flexibility index (Phi) is 2.99. The molecule has 0 aliphatic rings. The van der Waals surface area contributed by atoms with E-state index in [1.807, 2.05) is 12.1 Å². The zero-order valence-corrected chi connectivity index (χ0v) is 9.00. The summed E-state index contributed by atoms with van der Waals surface area (Å²) in [6, 6.07) is 6.06. The van der Waals surface area contributed by atoms with Crippen molar-refractivity contribution in [2.75, 3.05) is 0 Å². The molecule has 1 aromatic rings. The molecule has 3 heteroatoms. The van der Waals surface area contributed by atoms with Crippen LogP contribution in [0.25, 0.3) is 0 Å². The second-order valence-electron chi connectivity index (χ2n) is 2.51. The summed E-state index contributed by atoms with van der Waals surface area (Å²) in [7, 11) is -1.32. The van der Waals surface area contributed by atoms with Gasteiger partial charge in [-0.2, -0.15) is 0 Å². The fourth-order valence-corrected chi connectivity index (χ4v) is 2.89. The molecule has 0 spiro atoms. The lowest BCUT2D eigenvalue weighted by Gasteiger charge is -2.06. The topological polar surface area (TPSA) is 0 Å². The molecule has 1 aromatic carbocycles. The van der Waals surface area contributed by atoms with Gasteiger partial charge in [-0.25, -0.2) is 0 Å². The molecule has 0 N–H and O–H groups in total. The summed E-state index contributed by atoms with van der Waals surface area (Å²) < 4.78 is 0. The van der Waals surface area contributed by atoms with Crippen molar-refractivity contribution in [3.05, 3.63) is 29.3 Å². The predicted molar refractivity (Wildman–Crippen MR) is 53.0 cm³/mol. The number of halogens is 2. The van der Waals surface area contributed by atoms with Gasteiger partial charge >= 0.3 is 7.42 Å². The minimum absolute atomic E-state index is 1.11. The Balaban J connectivity index is 3.17. The predicted octanol–water partition coefficient (Wildman–Crippen LogP) is 2.48. The molecule has 1 radical (unpaired) electrons. The third-order valence-corrected chi connectivity index (χ3v) is 3.98. The second-order valence-corrected chi connectivity index (χ2v) is 6.42. The maximum Gasteiger partial charge on any atom is 0.307 e. The van der Waals surface area contributed by atoms with Gasteiger partial charge in [-0.05, 0) is 30.2 Å². The molecule has 0 saturated carbocycles. The first-order valence-electron chi connectivity index (χ1n) is 3.37. The van der Waals surface area contributed by atoms with Crippen molar-refractivity contribution in [3.63, 3.8) is 0 Å². The Morgan fingerprint density at radius 3 is 2.27 bits per heavy atom. The van der Waals surface area contributed by atoms with E-state index in [2.05, 4.69) is 19.9 Å². The van der Waals surface area contributed by atoms with Gasteiger partial charge in [0.2, 0.25) is 0 Å². The summed E-state index contributed by atoms with van der Waals surface area (Å²) in [6.45, 7) is 4.12. The smallest absolute Gasteiger partial charge is 0.140 e. The fourth-order valence-electron chi connectivity index (χ4n) is 0.956. The summed E-state index contributed by atoms with van der Waals surface area (Å²) in [6.07, 6.45) is 0. The molecule has 1 rings (SSSR count). The average molecular weight is 204 g/mol. The lowest BCUT2D eigenvalue weighted by Crippen LogP contribution is -2.21. The van der Waals surface area contributed by atoms with Crippen LogP contribution in [0.15, 0.2) is 18.2 Å². The van der Waals surface area contributed by atoms with E-state index in [1.54, 1.807) is 0 Å². The first-order chi connectivity index (χ1) is 5.13. The van der Waals surface area contributed by atoms with Crippen LogP contribution < -0.4 is 5.19 Å². The van der Waals surface area contributed by atoms with Crippen molar-refractivity contribution < 1.29 is 0 Å². The van der Waals surface area contributed by atoms with Crippen LogP contribution in [0.5, 0.6) is 0 Å². The minimum Gasteiger partial charge on any atom is -0.140 e. The van der Waals surface area contributed by atoms with Gasteiger partial charge in [-0.15, -0.1) is 22.2 Å². The zero-order valence-electron chi connectivity index (χ0n) is 6.49. The molecular weight excluding hydrogens is 195 g/mol. The highest BCUT2D eigenvalue weighted by atomic mass is 35.7. The molecule has 0 bridgehead atoms. The number of aryl methyl sites for hydroxylation is 1. The van der Waals surface area contributed by atoms with Crippen LogP contribution in [-0.2, 0) is 0 Å². The van der Waals surface area contributed by atoms with Crippen LogP contribution in [0.3, 0.4) is 0 Å². The van der Waals surface area contributed by atoms with Crippen LogP contribution in [-0.4, -0.2) is 7.42 Å². The van der Waals surface area contributed by atoms with E-state index >= 15 is 0 Å². The van der Waals surface area contributed by atoms with Gasteiger partial charge in [0, 0.05) is 0 Å². The van der Waals surface area contributed by atoms with Gasteiger partial charge < -0.3 is 0 Å². The third kappa shape index (κ3) is 1.98. The number of hydrogen-bond acceptors (Lipinski definition) is 0. The number of rotatable bonds is 1. The highest BCUT2D eigenvalue weighted by Crippen LogP contribution is 2.07. The third-order valence-electron chi connectivity index (χ3n) is 1.81. The minimum atomic E-state index is -1.32. The van der Waals surface area contributed by atoms with Crippen molar-refractivity contribution in [3.8, 4) is 0 Å². The van der Waals surface area contributed by atoms with E-state index < -0.39 is 7.42 Å². The molecule has 0 aliphatic heterocycles. The maximum absolute atomic E-state index is 5.85. The Labute approximate surface area is 78.2 Å². The molecule has 0 heterocycles. The van der Waals surface area contributed by atoms with Crippen LogP contribution in [0.4, 0.5) is 0 Å². The molecular formula is C8H9Cl2Si. The molecule has 0 amide bonds. The molecule has 59 valence electrons. The summed E-state index contributed by atoms with van der Waals surface area (Å²) in [4.78, 5) is 0. The SMILES string of the molecule is Cc1cccc([Si](Cl)Cl)c1C. The van der Waals surface area contributed by atoms with Gasteiger partial charge in [0.15, 0.2) is 0 Å². The first kappa shape index (κ1) is 9.11. The summed E-state index contributed by atoms with van der Waals surface area (Å²) in [5.74, 6) is 0. The van der Waals surface area contributed by atoms with E-state index in [9.17, 15) is 0 Å². The van der Waals surface area contributed by atoms with Gasteiger partial charge in [0.05, 0.1) is 0 Å². The molecule has 0 unspecified atom stereocenters. The van der Waals surface area contributed by atoms with Crippen LogP contribution >= 0.6 is 22.2 Å². The van der Waals surface area contributed by atoms with Gasteiger partial charge in [0.25, 0.3) is 0 Å². The van der Waals surface area contributed by atoms with E-state index in [-0.39, 0.29) is 0 Å². The van der Waals surface area contributed by atoms with Crippen molar-refractivity contribution in [1.82, 2.24) is 0 Å². The van der Waals surface area contributed by atoms with Gasteiger partial charge in [-0.1, -0.05) is 18.2 Å². The first-order valence-corrected chi connectivity index (χ1v) is 6.90. The molecule has 0 nitrogen and oxygen atoms in total. The Morgan fingerprint density at radius 2 is 1.82 bits per heavy atom. The van der Waals surface area contributed by atoms with Crippen molar-refractivity contribution in [1.29, 1.82) is 0 Å². The summed E-state index contributed by atoms with van der Waals surface area (Å²) >= 11 is 11.7. The van der Waals surface area contributed by atoms with E-state index in [0.717, 1.165) is 5.19 Å². The van der Waals surface area contributed by atoms with Gasteiger partial charge in [-0.3, -0.25) is 0 Å². The average Bonchev–Trinajstić information content (AvgIpc) is 1.94. The fraction of sp³-hybridized carbons (Fsp3) is 0.250. The van der Waals surface area contributed by atoms with Crippen LogP contribution in [0, 0.1) is 13.8 Å². The van der Waals surface area contributed by atoms with Crippen molar-refractivity contribution in [2.24, 2.45) is 0 Å². The standard InChI is InChI=1S/C8H9Cl2Si/c1-6-4-3-5-8(7(6)2)11(9)10/h3-5H,1-2H3. The highest BCUT2D eigenvalue weighted by molar-refractivity contribution is 7.39. The normalized spacial score (nSPS) is 10.6. The lowest BCUT2D eigenvalue weighted by molar-refractivity contribution is 1.37. The van der Waals surface area contributed by atoms with E-state index in [0.29, 0.717) is 0 Å². The quantitative estimate of drug-likeness (QED) is 0.487. The largest absolute Gasteiger partial charge is 0.307 e. The van der Waals surface area contributed by atoms with Crippen molar-refractivity contribution >= 4 is 34.8 Å². The van der Waals surface area contributed by atoms with Crippen molar-refractivity contribution in [2.45, 2.75) is 13.8 Å². The maximum atomic E-state index is 5.85. The molecule has 0 atom stereocenters. The number of benzene rings is 1. The Hall–Kier alpha value is 0.0169. The highest BCUT2D eigenvalue weighted by Gasteiger charge is 2.10. The molecule has 0 aromatic heterocycles. The molecule has 0 saturated heterocycles. The Morgan fingerprint density at radius 1 is 1.18 bits per heavy atom. The molecule has 0 fully saturated rings. The molecule has 11 heavy (non-hydrogen) atoms. The van der Waals surface area contributed by atoms with Crippen LogP contribution in [0.2, 0.25) is 0 Å². The Bertz CT molecular complexity index is 258. The summed E-state index contributed by atoms with van der Waals surface area (Å²) in [5.41, 5.74) is 2.48. The monoisotopic (exact) mass is 203 g/mol. The van der Waals surface area contributed by atoms with Gasteiger partial charge in [0.1, 0.15) is 0 Å². The summed E-state index contributed by atoms with van der Waals surface area (Å²) in [5, 5.41) is 1.11. The number of hydrogen-bond donors (Lipinski definition) is 0. The van der Waals surface area contributed by atoms with E-state index in [1.165, 1.54) is 11.1 Å². The van der Waals surface area contributed by atoms with Crippen LogP contribution in [0.1, 0.15) is 11.1 Å². The lowest BCUT2D eigenvalue weighted by atomic mass is 10.1. The molecule has 0 aliphatic carbocycles. The second kappa shape index (κ2) is 3.61. The zero-order chi connectivity index (χ0) is 8.43.